The average molecular weight is 166 g/mol. The molecule has 0 spiro atoms. The Labute approximate surface area is 70.5 Å². The van der Waals surface area contributed by atoms with Crippen molar-refractivity contribution in [1.82, 2.24) is 4.98 Å². The zero-order chi connectivity index (χ0) is 9.14. The van der Waals surface area contributed by atoms with Gasteiger partial charge in [-0.3, -0.25) is 0 Å². The lowest BCUT2D eigenvalue weighted by Gasteiger charge is -1.97. The molecule has 1 aromatic heterocycles. The zero-order valence-corrected chi connectivity index (χ0v) is 7.03. The van der Waals surface area contributed by atoms with Crippen LogP contribution in [-0.2, 0) is 0 Å². The topological polar surface area (TPSA) is 70.1 Å². The standard InChI is InChI=1S/C8H10N2O2/c1-5-6(2)12-8(10-5)7(11)3-4-9/h7,11H,3H2,1-2H3. The molecule has 4 heteroatoms. The Morgan fingerprint density at radius 2 is 2.33 bits per heavy atom. The predicted molar refractivity (Wildman–Crippen MR) is 41.2 cm³/mol. The highest BCUT2D eigenvalue weighted by atomic mass is 16.4. The third-order valence-electron chi connectivity index (χ3n) is 1.61. The van der Waals surface area contributed by atoms with Gasteiger partial charge in [0.15, 0.2) is 0 Å². The van der Waals surface area contributed by atoms with E-state index in [1.165, 1.54) is 0 Å². The summed E-state index contributed by atoms with van der Waals surface area (Å²) in [5, 5.41) is 17.6. The predicted octanol–water partition coefficient (Wildman–Crippen LogP) is 1.24. The second kappa shape index (κ2) is 3.37. The van der Waals surface area contributed by atoms with Crippen LogP contribution in [0.2, 0.25) is 0 Å². The first-order valence-corrected chi connectivity index (χ1v) is 3.64. The summed E-state index contributed by atoms with van der Waals surface area (Å²) < 4.78 is 5.12. The van der Waals surface area contributed by atoms with Crippen molar-refractivity contribution in [2.75, 3.05) is 0 Å². The van der Waals surface area contributed by atoms with Crippen molar-refractivity contribution in [3.8, 4) is 6.07 Å². The molecule has 1 heterocycles. The molecule has 1 atom stereocenters. The molecule has 1 N–H and O–H groups in total. The second-order valence-electron chi connectivity index (χ2n) is 2.57. The minimum Gasteiger partial charge on any atom is -0.443 e. The number of aryl methyl sites for hydroxylation is 2. The van der Waals surface area contributed by atoms with Gasteiger partial charge >= 0.3 is 0 Å². The summed E-state index contributed by atoms with van der Waals surface area (Å²) in [4.78, 5) is 3.96. The third-order valence-corrected chi connectivity index (χ3v) is 1.61. The molecule has 0 aromatic carbocycles. The molecule has 0 saturated carbocycles. The summed E-state index contributed by atoms with van der Waals surface area (Å²) in [6.07, 6.45) is -0.887. The Bertz CT molecular complexity index is 292. The molecule has 0 saturated heterocycles. The van der Waals surface area contributed by atoms with Gasteiger partial charge in [0.1, 0.15) is 11.9 Å². The van der Waals surface area contributed by atoms with Crippen LogP contribution in [0.5, 0.6) is 0 Å². The van der Waals surface area contributed by atoms with E-state index in [1.54, 1.807) is 13.8 Å². The van der Waals surface area contributed by atoms with Crippen LogP contribution in [0, 0.1) is 25.2 Å². The fraction of sp³-hybridized carbons (Fsp3) is 0.500. The first-order chi connectivity index (χ1) is 5.65. The maximum Gasteiger partial charge on any atom is 0.224 e. The van der Waals surface area contributed by atoms with Gasteiger partial charge in [-0.15, -0.1) is 0 Å². The highest BCUT2D eigenvalue weighted by molar-refractivity contribution is 5.07. The number of aliphatic hydroxyl groups excluding tert-OH is 1. The second-order valence-corrected chi connectivity index (χ2v) is 2.57. The van der Waals surface area contributed by atoms with E-state index >= 15 is 0 Å². The van der Waals surface area contributed by atoms with Crippen LogP contribution < -0.4 is 0 Å². The molecule has 0 aliphatic rings. The molecule has 0 radical (unpaired) electrons. The summed E-state index contributed by atoms with van der Waals surface area (Å²) in [5.41, 5.74) is 0.752. The Kier molecular flexibility index (Phi) is 2.46. The van der Waals surface area contributed by atoms with E-state index in [0.29, 0.717) is 5.76 Å². The smallest absolute Gasteiger partial charge is 0.224 e. The van der Waals surface area contributed by atoms with Gasteiger partial charge in [0.2, 0.25) is 5.89 Å². The van der Waals surface area contributed by atoms with Gasteiger partial charge in [0.25, 0.3) is 0 Å². The number of aromatic nitrogens is 1. The number of nitrogens with zero attached hydrogens (tertiary/aromatic N) is 2. The first-order valence-electron chi connectivity index (χ1n) is 3.64. The molecule has 0 aliphatic carbocycles. The van der Waals surface area contributed by atoms with Crippen LogP contribution in [0.4, 0.5) is 0 Å². The van der Waals surface area contributed by atoms with Gasteiger partial charge in [0.05, 0.1) is 18.2 Å². The molecule has 0 amide bonds. The summed E-state index contributed by atoms with van der Waals surface area (Å²) in [6, 6.07) is 1.84. The van der Waals surface area contributed by atoms with Gasteiger partial charge in [-0.05, 0) is 13.8 Å². The van der Waals surface area contributed by atoms with Gasteiger partial charge in [0, 0.05) is 0 Å². The van der Waals surface area contributed by atoms with Crippen LogP contribution >= 0.6 is 0 Å². The van der Waals surface area contributed by atoms with Crippen molar-refractivity contribution in [2.45, 2.75) is 26.4 Å². The number of rotatable bonds is 2. The highest BCUT2D eigenvalue weighted by Crippen LogP contribution is 2.17. The molecule has 1 unspecified atom stereocenters. The van der Waals surface area contributed by atoms with E-state index in [4.69, 9.17) is 9.68 Å². The maximum absolute atomic E-state index is 9.28. The Hall–Kier alpha value is -1.34. The summed E-state index contributed by atoms with van der Waals surface area (Å²) in [7, 11) is 0. The monoisotopic (exact) mass is 166 g/mol. The van der Waals surface area contributed by atoms with Crippen LogP contribution in [0.1, 0.15) is 29.9 Å². The Morgan fingerprint density at radius 1 is 1.67 bits per heavy atom. The largest absolute Gasteiger partial charge is 0.443 e. The van der Waals surface area contributed by atoms with Gasteiger partial charge in [-0.2, -0.15) is 5.26 Å². The average Bonchev–Trinajstić information content (AvgIpc) is 2.33. The molecule has 0 aliphatic heterocycles. The Morgan fingerprint density at radius 3 is 2.75 bits per heavy atom. The van der Waals surface area contributed by atoms with Crippen molar-refractivity contribution in [2.24, 2.45) is 0 Å². The molecular formula is C8H10N2O2. The normalized spacial score (nSPS) is 12.5. The quantitative estimate of drug-likeness (QED) is 0.717. The van der Waals surface area contributed by atoms with E-state index in [-0.39, 0.29) is 12.3 Å². The lowest BCUT2D eigenvalue weighted by molar-refractivity contribution is 0.147. The minimum absolute atomic E-state index is 0.0133. The fourth-order valence-electron chi connectivity index (χ4n) is 0.814. The molecule has 1 rings (SSSR count). The number of nitriles is 1. The van der Waals surface area contributed by atoms with E-state index in [9.17, 15) is 5.11 Å². The number of oxazole rings is 1. The molecular weight excluding hydrogens is 156 g/mol. The van der Waals surface area contributed by atoms with Gasteiger partial charge in [-0.1, -0.05) is 0 Å². The van der Waals surface area contributed by atoms with Crippen molar-refractivity contribution >= 4 is 0 Å². The van der Waals surface area contributed by atoms with Crippen molar-refractivity contribution in [1.29, 1.82) is 5.26 Å². The van der Waals surface area contributed by atoms with E-state index < -0.39 is 6.10 Å². The van der Waals surface area contributed by atoms with Crippen LogP contribution in [0.15, 0.2) is 4.42 Å². The molecule has 1 aromatic rings. The SMILES string of the molecule is Cc1nc(C(O)CC#N)oc1C. The lowest BCUT2D eigenvalue weighted by atomic mass is 10.3. The van der Waals surface area contributed by atoms with E-state index in [0.717, 1.165) is 5.69 Å². The fourth-order valence-corrected chi connectivity index (χ4v) is 0.814. The summed E-state index contributed by atoms with van der Waals surface area (Å²) in [6.45, 7) is 3.56. The first kappa shape index (κ1) is 8.75. The molecule has 4 nitrogen and oxygen atoms in total. The van der Waals surface area contributed by atoms with Gasteiger partial charge in [-0.25, -0.2) is 4.98 Å². The Balaban J connectivity index is 2.83. The lowest BCUT2D eigenvalue weighted by Crippen LogP contribution is -1.95. The van der Waals surface area contributed by atoms with Crippen molar-refractivity contribution in [3.05, 3.63) is 17.3 Å². The molecule has 64 valence electrons. The summed E-state index contributed by atoms with van der Waals surface area (Å²) >= 11 is 0. The molecule has 0 bridgehead atoms. The minimum atomic E-state index is -0.901. The van der Waals surface area contributed by atoms with E-state index in [2.05, 4.69) is 4.98 Å². The number of aliphatic hydroxyl groups is 1. The number of hydrogen-bond donors (Lipinski definition) is 1. The molecule has 12 heavy (non-hydrogen) atoms. The maximum atomic E-state index is 9.28. The van der Waals surface area contributed by atoms with Gasteiger partial charge < -0.3 is 9.52 Å². The van der Waals surface area contributed by atoms with E-state index in [1.807, 2.05) is 6.07 Å². The van der Waals surface area contributed by atoms with Crippen LogP contribution in [-0.4, -0.2) is 10.1 Å². The molecule has 0 fully saturated rings. The van der Waals surface area contributed by atoms with Crippen LogP contribution in [0.25, 0.3) is 0 Å². The highest BCUT2D eigenvalue weighted by Gasteiger charge is 2.14. The van der Waals surface area contributed by atoms with Crippen molar-refractivity contribution in [3.63, 3.8) is 0 Å². The summed E-state index contributed by atoms with van der Waals surface area (Å²) in [5.74, 6) is 0.911. The van der Waals surface area contributed by atoms with Crippen molar-refractivity contribution < 1.29 is 9.52 Å². The third kappa shape index (κ3) is 1.63. The van der Waals surface area contributed by atoms with Crippen LogP contribution in [0.3, 0.4) is 0 Å². The zero-order valence-electron chi connectivity index (χ0n) is 7.03. The number of hydrogen-bond acceptors (Lipinski definition) is 4.